The van der Waals surface area contributed by atoms with E-state index >= 15 is 0 Å². The van der Waals surface area contributed by atoms with E-state index in [1.165, 1.54) is 0 Å². The lowest BCUT2D eigenvalue weighted by Gasteiger charge is -2.33. The first-order valence-corrected chi connectivity index (χ1v) is 4.13. The van der Waals surface area contributed by atoms with Crippen LogP contribution < -0.4 is 10.6 Å². The summed E-state index contributed by atoms with van der Waals surface area (Å²) in [6.45, 7) is 16.0. The van der Waals surface area contributed by atoms with Gasteiger partial charge < -0.3 is 10.6 Å². The molecule has 12 heavy (non-hydrogen) atoms. The molecule has 0 radical (unpaired) electrons. The summed E-state index contributed by atoms with van der Waals surface area (Å²) in [5.74, 6) is 1.58. The Morgan fingerprint density at radius 2 is 1.50 bits per heavy atom. The zero-order valence-electron chi connectivity index (χ0n) is 7.78. The van der Waals surface area contributed by atoms with E-state index in [0.717, 1.165) is 17.2 Å². The smallest absolute Gasteiger partial charge is 0.0996 e. The van der Waals surface area contributed by atoms with Crippen molar-refractivity contribution in [2.24, 2.45) is 11.8 Å². The lowest BCUT2D eigenvalue weighted by atomic mass is 9.89. The van der Waals surface area contributed by atoms with Crippen molar-refractivity contribution in [2.45, 2.75) is 13.8 Å². The Bertz CT molecular complexity index is 218. The van der Waals surface area contributed by atoms with Gasteiger partial charge in [0.15, 0.2) is 0 Å². The SMILES string of the molecule is C=C1NC(=C)C(C(C)C)C(=C)N1. The van der Waals surface area contributed by atoms with Crippen LogP contribution in [-0.2, 0) is 0 Å². The summed E-state index contributed by atoms with van der Waals surface area (Å²) in [6, 6.07) is 0. The van der Waals surface area contributed by atoms with Crippen LogP contribution in [0, 0.1) is 11.8 Å². The summed E-state index contributed by atoms with van der Waals surface area (Å²) in [4.78, 5) is 0. The predicted molar refractivity (Wildman–Crippen MR) is 52.0 cm³/mol. The maximum Gasteiger partial charge on any atom is 0.0996 e. The maximum absolute atomic E-state index is 3.94. The van der Waals surface area contributed by atoms with Gasteiger partial charge in [-0.05, 0) is 5.92 Å². The molecule has 0 unspecified atom stereocenters. The van der Waals surface area contributed by atoms with Gasteiger partial charge in [0.25, 0.3) is 0 Å². The largest absolute Gasteiger partial charge is 0.346 e. The molecule has 0 saturated carbocycles. The second-order valence-corrected chi connectivity index (χ2v) is 3.50. The molecule has 2 heteroatoms. The van der Waals surface area contributed by atoms with Crippen LogP contribution >= 0.6 is 0 Å². The lowest BCUT2D eigenvalue weighted by molar-refractivity contribution is 0.439. The average Bonchev–Trinajstić information content (AvgIpc) is 1.82. The third-order valence-corrected chi connectivity index (χ3v) is 2.04. The van der Waals surface area contributed by atoms with Crippen molar-refractivity contribution < 1.29 is 0 Å². The highest BCUT2D eigenvalue weighted by Gasteiger charge is 2.24. The number of hydrogen-bond acceptors (Lipinski definition) is 2. The third kappa shape index (κ3) is 1.52. The topological polar surface area (TPSA) is 24.1 Å². The van der Waals surface area contributed by atoms with E-state index < -0.39 is 0 Å². The molecule has 66 valence electrons. The molecule has 1 heterocycles. The third-order valence-electron chi connectivity index (χ3n) is 2.04. The molecule has 1 saturated heterocycles. The Balaban J connectivity index is 2.81. The van der Waals surface area contributed by atoms with E-state index in [1.807, 2.05) is 0 Å². The van der Waals surface area contributed by atoms with Crippen LogP contribution in [0.1, 0.15) is 13.8 Å². The molecule has 1 fully saturated rings. The van der Waals surface area contributed by atoms with E-state index in [9.17, 15) is 0 Å². The molecule has 1 rings (SSSR count). The standard InChI is InChI=1S/C10H16N2/c1-6(2)10-7(3)11-9(5)12-8(10)4/h6,10-12H,3-5H2,1-2H3. The Hall–Kier alpha value is -1.18. The Labute approximate surface area is 74.0 Å². The molecule has 0 aliphatic carbocycles. The van der Waals surface area contributed by atoms with Crippen LogP contribution in [0.25, 0.3) is 0 Å². The van der Waals surface area contributed by atoms with Gasteiger partial charge in [-0.15, -0.1) is 0 Å². The van der Waals surface area contributed by atoms with Gasteiger partial charge in [0.1, 0.15) is 0 Å². The van der Waals surface area contributed by atoms with E-state index in [4.69, 9.17) is 0 Å². The van der Waals surface area contributed by atoms with Crippen LogP contribution in [0.3, 0.4) is 0 Å². The number of nitrogens with one attached hydrogen (secondary N) is 2. The van der Waals surface area contributed by atoms with Gasteiger partial charge in [-0.25, -0.2) is 0 Å². The molecule has 1 aliphatic rings. The summed E-state index contributed by atoms with van der Waals surface area (Å²) in [6.07, 6.45) is 0. The van der Waals surface area contributed by atoms with Crippen molar-refractivity contribution in [1.82, 2.24) is 10.6 Å². The highest BCUT2D eigenvalue weighted by molar-refractivity contribution is 5.25. The lowest BCUT2D eigenvalue weighted by Crippen LogP contribution is -2.39. The quantitative estimate of drug-likeness (QED) is 0.619. The van der Waals surface area contributed by atoms with Crippen LogP contribution in [0.4, 0.5) is 0 Å². The first-order valence-electron chi connectivity index (χ1n) is 4.13. The first kappa shape index (κ1) is 8.91. The van der Waals surface area contributed by atoms with Crippen molar-refractivity contribution in [2.75, 3.05) is 0 Å². The van der Waals surface area contributed by atoms with Gasteiger partial charge in [0, 0.05) is 17.3 Å². The summed E-state index contributed by atoms with van der Waals surface area (Å²) in [7, 11) is 0. The number of rotatable bonds is 1. The van der Waals surface area contributed by atoms with Crippen LogP contribution in [0.2, 0.25) is 0 Å². The van der Waals surface area contributed by atoms with Gasteiger partial charge >= 0.3 is 0 Å². The molecule has 0 bridgehead atoms. The van der Waals surface area contributed by atoms with Crippen LogP contribution in [0.5, 0.6) is 0 Å². The minimum Gasteiger partial charge on any atom is -0.346 e. The molecular formula is C10H16N2. The molecule has 0 aromatic rings. The van der Waals surface area contributed by atoms with Gasteiger partial charge in [-0.1, -0.05) is 33.6 Å². The second-order valence-electron chi connectivity index (χ2n) is 3.50. The fourth-order valence-corrected chi connectivity index (χ4v) is 1.59. The minimum atomic E-state index is 0.301. The average molecular weight is 164 g/mol. The number of hydrogen-bond donors (Lipinski definition) is 2. The van der Waals surface area contributed by atoms with Gasteiger partial charge in [0.05, 0.1) is 5.82 Å². The summed E-state index contributed by atoms with van der Waals surface area (Å²) < 4.78 is 0. The molecule has 0 aromatic heterocycles. The summed E-state index contributed by atoms with van der Waals surface area (Å²) in [5.41, 5.74) is 1.97. The fourth-order valence-electron chi connectivity index (χ4n) is 1.59. The van der Waals surface area contributed by atoms with E-state index in [-0.39, 0.29) is 0 Å². The normalized spacial score (nSPS) is 19.4. The molecule has 0 atom stereocenters. The Morgan fingerprint density at radius 1 is 1.08 bits per heavy atom. The van der Waals surface area contributed by atoms with E-state index in [0.29, 0.717) is 11.8 Å². The predicted octanol–water partition coefficient (Wildman–Crippen LogP) is 1.95. The van der Waals surface area contributed by atoms with Crippen molar-refractivity contribution in [1.29, 1.82) is 0 Å². The first-order chi connectivity index (χ1) is 5.52. The zero-order valence-corrected chi connectivity index (χ0v) is 7.78. The Morgan fingerprint density at radius 3 is 1.83 bits per heavy atom. The van der Waals surface area contributed by atoms with E-state index in [1.54, 1.807) is 0 Å². The molecule has 0 amide bonds. The highest BCUT2D eigenvalue weighted by Crippen LogP contribution is 2.26. The van der Waals surface area contributed by atoms with Crippen molar-refractivity contribution in [3.05, 3.63) is 37.0 Å². The van der Waals surface area contributed by atoms with Crippen molar-refractivity contribution in [3.8, 4) is 0 Å². The Kier molecular flexibility index (Phi) is 2.27. The zero-order chi connectivity index (χ0) is 9.30. The van der Waals surface area contributed by atoms with Gasteiger partial charge in [0.2, 0.25) is 0 Å². The second kappa shape index (κ2) is 3.05. The van der Waals surface area contributed by atoms with E-state index in [2.05, 4.69) is 44.2 Å². The van der Waals surface area contributed by atoms with Crippen molar-refractivity contribution in [3.63, 3.8) is 0 Å². The molecule has 0 spiro atoms. The summed E-state index contributed by atoms with van der Waals surface area (Å²) in [5, 5.41) is 6.16. The van der Waals surface area contributed by atoms with Gasteiger partial charge in [-0.3, -0.25) is 0 Å². The fraction of sp³-hybridized carbons (Fsp3) is 0.400. The minimum absolute atomic E-state index is 0.301. The maximum atomic E-state index is 3.94. The summed E-state index contributed by atoms with van der Waals surface area (Å²) >= 11 is 0. The monoisotopic (exact) mass is 164 g/mol. The molecule has 1 aliphatic heterocycles. The van der Waals surface area contributed by atoms with Gasteiger partial charge in [-0.2, -0.15) is 0 Å². The molecule has 0 aromatic carbocycles. The van der Waals surface area contributed by atoms with Crippen LogP contribution in [-0.4, -0.2) is 0 Å². The molecule has 2 nitrogen and oxygen atoms in total. The molecular weight excluding hydrogens is 148 g/mol. The highest BCUT2D eigenvalue weighted by atomic mass is 15.1. The molecule has 2 N–H and O–H groups in total. The van der Waals surface area contributed by atoms with Crippen molar-refractivity contribution >= 4 is 0 Å². The van der Waals surface area contributed by atoms with Crippen LogP contribution in [0.15, 0.2) is 37.0 Å².